The van der Waals surface area contributed by atoms with Crippen LogP contribution in [-0.2, 0) is 0 Å². The molecule has 0 aliphatic heterocycles. The lowest BCUT2D eigenvalue weighted by Crippen LogP contribution is -1.79. The molecule has 0 atom stereocenters. The average molecular weight is 191 g/mol. The molecule has 1 rings (SSSR count). The van der Waals surface area contributed by atoms with Crippen LogP contribution < -0.4 is 0 Å². The first-order chi connectivity index (χ1) is 6.74. The van der Waals surface area contributed by atoms with Crippen molar-refractivity contribution in [3.63, 3.8) is 0 Å². The summed E-state index contributed by atoms with van der Waals surface area (Å²) >= 11 is 0. The van der Waals surface area contributed by atoms with E-state index in [1.54, 1.807) is 0 Å². The van der Waals surface area contributed by atoms with Crippen molar-refractivity contribution in [1.29, 1.82) is 0 Å². The molecule has 0 aliphatic carbocycles. The Morgan fingerprint density at radius 2 is 2.36 bits per heavy atom. The number of benzene rings is 1. The molecular formula is C9H6FN3O. The van der Waals surface area contributed by atoms with Crippen molar-refractivity contribution in [3.8, 4) is 17.6 Å². The topological polar surface area (TPSA) is 69.0 Å². The minimum absolute atomic E-state index is 0.0407. The van der Waals surface area contributed by atoms with Gasteiger partial charge >= 0.3 is 0 Å². The Balaban J connectivity index is 2.80. The van der Waals surface area contributed by atoms with Gasteiger partial charge in [-0.2, -0.15) is 0 Å². The molecule has 4 nitrogen and oxygen atoms in total. The third-order valence-corrected chi connectivity index (χ3v) is 1.39. The van der Waals surface area contributed by atoms with E-state index >= 15 is 0 Å². The second kappa shape index (κ2) is 4.75. The number of aromatic hydroxyl groups is 1. The molecule has 0 spiro atoms. The Morgan fingerprint density at radius 1 is 1.57 bits per heavy atom. The van der Waals surface area contributed by atoms with Crippen LogP contribution in [0.15, 0.2) is 23.3 Å². The summed E-state index contributed by atoms with van der Waals surface area (Å²) in [6.45, 7) is 0.0407. The predicted octanol–water partition coefficient (Wildman–Crippen LogP) is 2.19. The van der Waals surface area contributed by atoms with Crippen molar-refractivity contribution in [1.82, 2.24) is 0 Å². The lowest BCUT2D eigenvalue weighted by atomic mass is 10.2. The number of nitrogens with zero attached hydrogens (tertiary/aromatic N) is 3. The Labute approximate surface area is 79.6 Å². The van der Waals surface area contributed by atoms with Crippen molar-refractivity contribution in [2.45, 2.75) is 0 Å². The van der Waals surface area contributed by atoms with Gasteiger partial charge in [0.1, 0.15) is 0 Å². The highest BCUT2D eigenvalue weighted by Gasteiger charge is 1.98. The smallest absolute Gasteiger partial charge is 0.166 e. The van der Waals surface area contributed by atoms with Crippen LogP contribution in [0, 0.1) is 17.7 Å². The maximum atomic E-state index is 12.8. The molecule has 0 radical (unpaired) electrons. The third kappa shape index (κ3) is 2.70. The first-order valence-corrected chi connectivity index (χ1v) is 3.72. The van der Waals surface area contributed by atoms with Crippen molar-refractivity contribution in [3.05, 3.63) is 40.0 Å². The van der Waals surface area contributed by atoms with Crippen LogP contribution in [0.4, 0.5) is 4.39 Å². The van der Waals surface area contributed by atoms with Gasteiger partial charge in [0.15, 0.2) is 11.6 Å². The van der Waals surface area contributed by atoms with Crippen LogP contribution >= 0.6 is 0 Å². The Hall–Kier alpha value is -2.18. The minimum atomic E-state index is -0.722. The second-order valence-corrected chi connectivity index (χ2v) is 2.36. The number of hydrogen-bond donors (Lipinski definition) is 1. The summed E-state index contributed by atoms with van der Waals surface area (Å²) in [5, 5.41) is 12.1. The van der Waals surface area contributed by atoms with Crippen LogP contribution in [-0.4, -0.2) is 11.7 Å². The summed E-state index contributed by atoms with van der Waals surface area (Å²) in [4.78, 5) is 2.51. The molecule has 0 amide bonds. The highest BCUT2D eigenvalue weighted by atomic mass is 19.1. The SMILES string of the molecule is [N-]=[N+]=NCC#Cc1ccc(O)c(F)c1. The number of halogens is 1. The first kappa shape index (κ1) is 9.90. The normalized spacial score (nSPS) is 8.36. The summed E-state index contributed by atoms with van der Waals surface area (Å²) in [6.07, 6.45) is 0. The average Bonchev–Trinajstić information content (AvgIpc) is 2.18. The molecule has 0 heterocycles. The van der Waals surface area contributed by atoms with Gasteiger partial charge in [0.25, 0.3) is 0 Å². The summed E-state index contributed by atoms with van der Waals surface area (Å²) in [5.74, 6) is 3.98. The summed E-state index contributed by atoms with van der Waals surface area (Å²) < 4.78 is 12.8. The molecule has 0 bridgehead atoms. The van der Waals surface area contributed by atoms with Gasteiger partial charge in [-0.25, -0.2) is 4.39 Å². The molecule has 0 unspecified atom stereocenters. The number of phenols is 1. The predicted molar refractivity (Wildman–Crippen MR) is 49.0 cm³/mol. The van der Waals surface area contributed by atoms with Crippen molar-refractivity contribution in [2.24, 2.45) is 5.11 Å². The van der Waals surface area contributed by atoms with E-state index in [0.717, 1.165) is 6.07 Å². The van der Waals surface area contributed by atoms with E-state index in [1.165, 1.54) is 12.1 Å². The van der Waals surface area contributed by atoms with Crippen molar-refractivity contribution in [2.75, 3.05) is 6.54 Å². The highest BCUT2D eigenvalue weighted by molar-refractivity contribution is 5.38. The zero-order chi connectivity index (χ0) is 10.4. The highest BCUT2D eigenvalue weighted by Crippen LogP contribution is 2.15. The second-order valence-electron chi connectivity index (χ2n) is 2.36. The van der Waals surface area contributed by atoms with Gasteiger partial charge in [0, 0.05) is 10.5 Å². The fourth-order valence-electron chi connectivity index (χ4n) is 0.793. The van der Waals surface area contributed by atoms with E-state index in [-0.39, 0.29) is 6.54 Å². The van der Waals surface area contributed by atoms with E-state index < -0.39 is 11.6 Å². The van der Waals surface area contributed by atoms with E-state index in [1.807, 2.05) is 0 Å². The van der Waals surface area contributed by atoms with Crippen LogP contribution in [0.3, 0.4) is 0 Å². The monoisotopic (exact) mass is 191 g/mol. The lowest BCUT2D eigenvalue weighted by Gasteiger charge is -1.93. The minimum Gasteiger partial charge on any atom is -0.505 e. The third-order valence-electron chi connectivity index (χ3n) is 1.39. The molecule has 0 aromatic heterocycles. The summed E-state index contributed by atoms with van der Waals surface area (Å²) in [7, 11) is 0. The largest absolute Gasteiger partial charge is 0.505 e. The van der Waals surface area contributed by atoms with Gasteiger partial charge in [-0.3, -0.25) is 0 Å². The molecule has 1 aromatic carbocycles. The van der Waals surface area contributed by atoms with Crippen molar-refractivity contribution >= 4 is 0 Å². The Bertz CT molecular complexity index is 441. The van der Waals surface area contributed by atoms with Crippen molar-refractivity contribution < 1.29 is 9.50 Å². The fraction of sp³-hybridized carbons (Fsp3) is 0.111. The molecule has 70 valence electrons. The quantitative estimate of drug-likeness (QED) is 0.314. The maximum Gasteiger partial charge on any atom is 0.166 e. The van der Waals surface area contributed by atoms with Gasteiger partial charge < -0.3 is 5.11 Å². The molecule has 0 saturated heterocycles. The molecule has 5 heteroatoms. The van der Waals surface area contributed by atoms with E-state index in [9.17, 15) is 4.39 Å². The van der Waals surface area contributed by atoms with E-state index in [4.69, 9.17) is 10.6 Å². The van der Waals surface area contributed by atoms with Crippen LogP contribution in [0.25, 0.3) is 10.4 Å². The molecular weight excluding hydrogens is 185 g/mol. The molecule has 1 N–H and O–H groups in total. The van der Waals surface area contributed by atoms with Gasteiger partial charge in [-0.1, -0.05) is 17.0 Å². The zero-order valence-corrected chi connectivity index (χ0v) is 7.11. The maximum absolute atomic E-state index is 12.8. The summed E-state index contributed by atoms with van der Waals surface area (Å²) in [6, 6.07) is 3.80. The van der Waals surface area contributed by atoms with E-state index in [0.29, 0.717) is 5.56 Å². The molecule has 0 aliphatic rings. The van der Waals surface area contributed by atoms with Crippen LogP contribution in [0.5, 0.6) is 5.75 Å². The number of rotatable bonds is 1. The molecule has 14 heavy (non-hydrogen) atoms. The number of hydrogen-bond acceptors (Lipinski definition) is 2. The Kier molecular flexibility index (Phi) is 3.36. The number of phenolic OH excluding ortho intramolecular Hbond substituents is 1. The molecule has 0 saturated carbocycles. The van der Waals surface area contributed by atoms with Crippen LogP contribution in [0.1, 0.15) is 5.56 Å². The standard InChI is InChI=1S/C9H6FN3O/c10-8-6-7(3-4-9(8)14)2-1-5-12-13-11/h3-4,6,14H,5H2. The van der Waals surface area contributed by atoms with Gasteiger partial charge in [-0.15, -0.1) is 0 Å². The van der Waals surface area contributed by atoms with E-state index in [2.05, 4.69) is 21.9 Å². The fourth-order valence-corrected chi connectivity index (χ4v) is 0.793. The zero-order valence-electron chi connectivity index (χ0n) is 7.11. The van der Waals surface area contributed by atoms with Crippen LogP contribution in [0.2, 0.25) is 0 Å². The molecule has 0 fully saturated rings. The molecule has 1 aromatic rings. The first-order valence-electron chi connectivity index (χ1n) is 3.72. The lowest BCUT2D eigenvalue weighted by molar-refractivity contribution is 0.432. The number of azide groups is 1. The van der Waals surface area contributed by atoms with Gasteiger partial charge in [0.2, 0.25) is 0 Å². The Morgan fingerprint density at radius 3 is 3.00 bits per heavy atom. The van der Waals surface area contributed by atoms with Gasteiger partial charge in [0.05, 0.1) is 6.54 Å². The van der Waals surface area contributed by atoms with Gasteiger partial charge in [-0.05, 0) is 23.7 Å². The summed E-state index contributed by atoms with van der Waals surface area (Å²) in [5.41, 5.74) is 8.37.